The van der Waals surface area contributed by atoms with Gasteiger partial charge in [-0.25, -0.2) is 4.57 Å². The molecular formula is C16H19N3O4. The first kappa shape index (κ1) is 16.7. The van der Waals surface area contributed by atoms with E-state index in [2.05, 4.69) is 10.2 Å². The molecule has 0 aliphatic heterocycles. The van der Waals surface area contributed by atoms with Gasteiger partial charge in [-0.2, -0.15) is 0 Å². The van der Waals surface area contributed by atoms with Gasteiger partial charge in [0.25, 0.3) is 0 Å². The maximum atomic E-state index is 11.0. The van der Waals surface area contributed by atoms with Crippen molar-refractivity contribution >= 4 is 11.6 Å². The maximum absolute atomic E-state index is 11.0. The van der Waals surface area contributed by atoms with Gasteiger partial charge in [0.15, 0.2) is 0 Å². The number of aromatic nitrogens is 3. The third-order valence-corrected chi connectivity index (χ3v) is 2.99. The molecule has 0 aliphatic carbocycles. The largest absolute Gasteiger partial charge is 0.463 e. The highest BCUT2D eigenvalue weighted by Gasteiger charge is 2.16. The van der Waals surface area contributed by atoms with Gasteiger partial charge in [-0.05, 0) is 26.0 Å². The fourth-order valence-corrected chi connectivity index (χ4v) is 1.81. The Hall–Kier alpha value is -2.70. The zero-order chi connectivity index (χ0) is 16.7. The number of Topliss-reactive ketones (excluding diaryl/α,β-unsaturated/α-hetero) is 2. The zero-order valence-corrected chi connectivity index (χ0v) is 13.2. The van der Waals surface area contributed by atoms with E-state index in [1.54, 1.807) is 4.57 Å². The molecule has 0 spiro atoms. The number of hydrogen-bond donors (Lipinski definition) is 0. The first-order valence-electron chi connectivity index (χ1n) is 7.33. The van der Waals surface area contributed by atoms with E-state index >= 15 is 0 Å². The van der Waals surface area contributed by atoms with Crippen molar-refractivity contribution in [3.8, 4) is 17.7 Å². The maximum Gasteiger partial charge on any atom is 0.324 e. The monoisotopic (exact) mass is 317 g/mol. The average molecular weight is 317 g/mol. The topological polar surface area (TPSA) is 83.3 Å². The van der Waals surface area contributed by atoms with E-state index < -0.39 is 0 Å². The van der Waals surface area contributed by atoms with Crippen LogP contribution in [-0.4, -0.2) is 39.5 Å². The number of benzene rings is 1. The van der Waals surface area contributed by atoms with E-state index in [0.29, 0.717) is 12.8 Å². The van der Waals surface area contributed by atoms with Gasteiger partial charge < -0.3 is 9.47 Å². The summed E-state index contributed by atoms with van der Waals surface area (Å²) in [7, 11) is 0. The number of ether oxygens (including phenoxy) is 2. The smallest absolute Gasteiger partial charge is 0.324 e. The SMILES string of the molecule is CC(=O)CCOc1nnc(OCCC(C)=O)n1-c1ccccc1. The summed E-state index contributed by atoms with van der Waals surface area (Å²) < 4.78 is 12.7. The normalized spacial score (nSPS) is 10.3. The van der Waals surface area contributed by atoms with Crippen LogP contribution in [0.2, 0.25) is 0 Å². The van der Waals surface area contributed by atoms with Gasteiger partial charge in [0.05, 0.1) is 18.9 Å². The zero-order valence-electron chi connectivity index (χ0n) is 13.2. The average Bonchev–Trinajstić information content (AvgIpc) is 2.90. The van der Waals surface area contributed by atoms with Crippen LogP contribution in [0.25, 0.3) is 5.69 Å². The third-order valence-electron chi connectivity index (χ3n) is 2.99. The van der Waals surface area contributed by atoms with Gasteiger partial charge in [-0.15, -0.1) is 0 Å². The lowest BCUT2D eigenvalue weighted by molar-refractivity contribution is -0.118. The highest BCUT2D eigenvalue weighted by molar-refractivity contribution is 5.75. The van der Waals surface area contributed by atoms with E-state index in [-0.39, 0.29) is 36.8 Å². The molecule has 1 heterocycles. The Morgan fingerprint density at radius 3 is 1.83 bits per heavy atom. The quantitative estimate of drug-likeness (QED) is 0.703. The molecule has 0 amide bonds. The summed E-state index contributed by atoms with van der Waals surface area (Å²) in [6.45, 7) is 3.44. The molecule has 2 aromatic rings. The number of ketones is 2. The molecule has 0 N–H and O–H groups in total. The summed E-state index contributed by atoms with van der Waals surface area (Å²) in [5.41, 5.74) is 0.771. The number of nitrogens with zero attached hydrogens (tertiary/aromatic N) is 3. The lowest BCUT2D eigenvalue weighted by Crippen LogP contribution is -2.10. The highest BCUT2D eigenvalue weighted by Crippen LogP contribution is 2.23. The van der Waals surface area contributed by atoms with Gasteiger partial charge in [-0.3, -0.25) is 9.59 Å². The van der Waals surface area contributed by atoms with Crippen LogP contribution < -0.4 is 9.47 Å². The van der Waals surface area contributed by atoms with Crippen LogP contribution in [0, 0.1) is 0 Å². The molecule has 0 bridgehead atoms. The van der Waals surface area contributed by atoms with Crippen molar-refractivity contribution in [3.63, 3.8) is 0 Å². The fourth-order valence-electron chi connectivity index (χ4n) is 1.81. The molecule has 1 aromatic heterocycles. The summed E-state index contributed by atoms with van der Waals surface area (Å²) in [5, 5.41) is 7.91. The Labute approximate surface area is 134 Å². The van der Waals surface area contributed by atoms with Gasteiger partial charge in [0, 0.05) is 12.8 Å². The van der Waals surface area contributed by atoms with Crippen LogP contribution in [-0.2, 0) is 9.59 Å². The number of hydrogen-bond acceptors (Lipinski definition) is 6. The van der Waals surface area contributed by atoms with E-state index in [9.17, 15) is 9.59 Å². The van der Waals surface area contributed by atoms with E-state index in [1.165, 1.54) is 13.8 Å². The number of rotatable bonds is 9. The Morgan fingerprint density at radius 1 is 0.913 bits per heavy atom. The molecule has 0 radical (unpaired) electrons. The molecule has 0 atom stereocenters. The van der Waals surface area contributed by atoms with Gasteiger partial charge >= 0.3 is 12.0 Å². The van der Waals surface area contributed by atoms with Crippen LogP contribution in [0.4, 0.5) is 0 Å². The summed E-state index contributed by atoms with van der Waals surface area (Å²) in [5.74, 6) is 0.0717. The molecule has 2 rings (SSSR count). The van der Waals surface area contributed by atoms with Crippen molar-refractivity contribution in [2.45, 2.75) is 26.7 Å². The van der Waals surface area contributed by atoms with Gasteiger partial charge in [-0.1, -0.05) is 28.4 Å². The first-order valence-corrected chi connectivity index (χ1v) is 7.33. The molecule has 7 nitrogen and oxygen atoms in total. The van der Waals surface area contributed by atoms with Crippen LogP contribution in [0.15, 0.2) is 30.3 Å². The first-order chi connectivity index (χ1) is 11.1. The molecule has 1 aromatic carbocycles. The second kappa shape index (κ2) is 8.07. The third kappa shape index (κ3) is 4.91. The van der Waals surface area contributed by atoms with Crippen LogP contribution in [0.1, 0.15) is 26.7 Å². The van der Waals surface area contributed by atoms with Crippen molar-refractivity contribution in [2.24, 2.45) is 0 Å². The summed E-state index contributed by atoms with van der Waals surface area (Å²) in [6, 6.07) is 9.84. The Morgan fingerprint density at radius 2 is 1.39 bits per heavy atom. The van der Waals surface area contributed by atoms with Crippen LogP contribution >= 0.6 is 0 Å². The minimum atomic E-state index is 0.0358. The second-order valence-corrected chi connectivity index (χ2v) is 5.04. The van der Waals surface area contributed by atoms with Crippen molar-refractivity contribution in [1.82, 2.24) is 14.8 Å². The number of carbonyl (C=O) groups is 2. The molecular weight excluding hydrogens is 298 g/mol. The Kier molecular flexibility index (Phi) is 5.85. The lowest BCUT2D eigenvalue weighted by atomic mass is 10.3. The molecule has 0 saturated heterocycles. The van der Waals surface area contributed by atoms with Crippen LogP contribution in [0.5, 0.6) is 12.0 Å². The summed E-state index contributed by atoms with van der Waals surface area (Å²) in [4.78, 5) is 22.0. The van der Waals surface area contributed by atoms with Gasteiger partial charge in [0.2, 0.25) is 0 Å². The summed E-state index contributed by atoms with van der Waals surface area (Å²) in [6.07, 6.45) is 0.588. The fraction of sp³-hybridized carbons (Fsp3) is 0.375. The predicted molar refractivity (Wildman–Crippen MR) is 82.9 cm³/mol. The molecule has 23 heavy (non-hydrogen) atoms. The second-order valence-electron chi connectivity index (χ2n) is 5.04. The van der Waals surface area contributed by atoms with Crippen molar-refractivity contribution in [3.05, 3.63) is 30.3 Å². The Balaban J connectivity index is 2.19. The number of para-hydroxylation sites is 1. The Bertz CT molecular complexity index is 630. The lowest BCUT2D eigenvalue weighted by Gasteiger charge is -2.10. The molecule has 122 valence electrons. The van der Waals surface area contributed by atoms with Crippen LogP contribution in [0.3, 0.4) is 0 Å². The molecule has 0 unspecified atom stereocenters. The minimum Gasteiger partial charge on any atom is -0.463 e. The van der Waals surface area contributed by atoms with E-state index in [1.807, 2.05) is 30.3 Å². The predicted octanol–water partition coefficient (Wildman–Crippen LogP) is 1.98. The molecule has 0 fully saturated rings. The molecule has 0 aliphatic rings. The van der Waals surface area contributed by atoms with E-state index in [4.69, 9.17) is 9.47 Å². The van der Waals surface area contributed by atoms with Crippen molar-refractivity contribution in [1.29, 1.82) is 0 Å². The van der Waals surface area contributed by atoms with E-state index in [0.717, 1.165) is 5.69 Å². The highest BCUT2D eigenvalue weighted by atomic mass is 16.5. The summed E-state index contributed by atoms with van der Waals surface area (Å²) >= 11 is 0. The molecule has 0 saturated carbocycles. The van der Waals surface area contributed by atoms with Gasteiger partial charge in [0.1, 0.15) is 11.6 Å². The van der Waals surface area contributed by atoms with Crippen molar-refractivity contribution in [2.75, 3.05) is 13.2 Å². The standard InChI is InChI=1S/C16H19N3O4/c1-12(20)8-10-22-15-17-18-16(23-11-9-13(2)21)19(15)14-6-4-3-5-7-14/h3-7H,8-11H2,1-2H3. The molecule has 7 heteroatoms. The minimum absolute atomic E-state index is 0.0358. The van der Waals surface area contributed by atoms with Crippen molar-refractivity contribution < 1.29 is 19.1 Å². The number of carbonyl (C=O) groups excluding carboxylic acids is 2.